The minimum Gasteiger partial charge on any atom is -0.365 e. The molecule has 3 aromatic heterocycles. The normalized spacial score (nSPS) is 10.3. The molecule has 0 spiro atoms. The number of benzene rings is 1. The Morgan fingerprint density at radius 3 is 2.53 bits per heavy atom. The van der Waals surface area contributed by atoms with Crippen LogP contribution in [0.15, 0.2) is 53.7 Å². The number of hydrogen-bond donors (Lipinski definition) is 3. The summed E-state index contributed by atoms with van der Waals surface area (Å²) in [5.41, 5.74) is 4.95. The number of H-pyrrole nitrogens is 1. The Morgan fingerprint density at radius 1 is 1.09 bits per heavy atom. The molecule has 0 radical (unpaired) electrons. The lowest BCUT2D eigenvalue weighted by Crippen LogP contribution is -2.26. The third kappa shape index (κ3) is 5.58. The van der Waals surface area contributed by atoms with Crippen molar-refractivity contribution >= 4 is 47.6 Å². The van der Waals surface area contributed by atoms with Crippen LogP contribution in [-0.2, 0) is 17.8 Å². The van der Waals surface area contributed by atoms with Crippen LogP contribution in [-0.4, -0.2) is 32.0 Å². The minimum absolute atomic E-state index is 0. The number of halogens is 2. The first-order valence-corrected chi connectivity index (χ1v) is 10.5. The van der Waals surface area contributed by atoms with E-state index in [1.165, 1.54) is 12.5 Å². The summed E-state index contributed by atoms with van der Waals surface area (Å²) in [6.45, 7) is 6.29. The maximum absolute atomic E-state index is 13.3. The quantitative estimate of drug-likeness (QED) is 0.355. The summed E-state index contributed by atoms with van der Waals surface area (Å²) >= 11 is 0. The molecule has 180 valence electrons. The lowest BCUT2D eigenvalue weighted by molar-refractivity contribution is -0.119. The van der Waals surface area contributed by atoms with Gasteiger partial charge in [0.2, 0.25) is 5.91 Å². The van der Waals surface area contributed by atoms with Crippen molar-refractivity contribution in [3.63, 3.8) is 0 Å². The lowest BCUT2D eigenvalue weighted by Gasteiger charge is -2.13. The molecule has 0 saturated heterocycles. The van der Waals surface area contributed by atoms with Crippen LogP contribution in [0.25, 0.3) is 16.7 Å². The number of pyridine rings is 1. The van der Waals surface area contributed by atoms with Crippen molar-refractivity contribution in [1.29, 1.82) is 0 Å². The largest absolute Gasteiger partial charge is 0.365 e. The number of carbonyl (C=O) groups excluding carboxylic acids is 1. The van der Waals surface area contributed by atoms with Crippen molar-refractivity contribution in [2.24, 2.45) is 0 Å². The minimum atomic E-state index is -0.217. The van der Waals surface area contributed by atoms with Crippen LogP contribution in [0.3, 0.4) is 0 Å². The number of carbonyl (C=O) groups is 1. The second-order valence-electron chi connectivity index (χ2n) is 7.77. The van der Waals surface area contributed by atoms with E-state index in [0.29, 0.717) is 30.2 Å². The van der Waals surface area contributed by atoms with E-state index in [1.807, 2.05) is 32.0 Å². The zero-order valence-corrected chi connectivity index (χ0v) is 20.8. The topological polar surface area (TPSA) is 105 Å². The molecule has 8 nitrogen and oxygen atoms in total. The van der Waals surface area contributed by atoms with Crippen LogP contribution < -0.4 is 16.2 Å². The molecule has 0 aliphatic carbocycles. The molecular weight excluding hydrogens is 475 g/mol. The van der Waals surface area contributed by atoms with Gasteiger partial charge in [-0.3, -0.25) is 14.2 Å². The Balaban J connectivity index is 0.00000204. The summed E-state index contributed by atoms with van der Waals surface area (Å²) in [7, 11) is 0. The standard InChI is InChI=1S/C24H26N6O2.2ClH/c1-15-11-27-23(25-10-9-18-7-5-4-6-8-18)24(32)30(15)20-14-29-22-21(20)16(2)19(13-28-22)12-26-17(3)31;;/h4-8,11,13-14H,9-10,12H2,1-3H3,(H,25,27)(H,26,31)(H,28,29);2*1H. The molecule has 0 fully saturated rings. The zero-order chi connectivity index (χ0) is 22.7. The second kappa shape index (κ2) is 11.7. The molecule has 34 heavy (non-hydrogen) atoms. The first kappa shape index (κ1) is 26.9. The van der Waals surface area contributed by atoms with Gasteiger partial charge in [0.1, 0.15) is 5.65 Å². The average Bonchev–Trinajstić information content (AvgIpc) is 3.20. The molecule has 4 rings (SSSR count). The first-order chi connectivity index (χ1) is 15.5. The van der Waals surface area contributed by atoms with E-state index >= 15 is 0 Å². The highest BCUT2D eigenvalue weighted by atomic mass is 35.5. The fourth-order valence-electron chi connectivity index (χ4n) is 3.78. The van der Waals surface area contributed by atoms with Gasteiger partial charge < -0.3 is 15.6 Å². The molecule has 0 atom stereocenters. The highest BCUT2D eigenvalue weighted by molar-refractivity contribution is 5.89. The van der Waals surface area contributed by atoms with Crippen molar-refractivity contribution < 1.29 is 4.79 Å². The van der Waals surface area contributed by atoms with E-state index in [9.17, 15) is 9.59 Å². The van der Waals surface area contributed by atoms with Gasteiger partial charge in [-0.2, -0.15) is 0 Å². The summed E-state index contributed by atoms with van der Waals surface area (Å²) in [4.78, 5) is 36.6. The van der Waals surface area contributed by atoms with Gasteiger partial charge in [-0.25, -0.2) is 9.97 Å². The third-order valence-electron chi connectivity index (χ3n) is 5.50. The molecule has 3 heterocycles. The molecule has 0 aliphatic rings. The molecule has 0 aliphatic heterocycles. The number of rotatable bonds is 7. The highest BCUT2D eigenvalue weighted by Crippen LogP contribution is 2.26. The highest BCUT2D eigenvalue weighted by Gasteiger charge is 2.17. The van der Waals surface area contributed by atoms with Crippen LogP contribution in [0.1, 0.15) is 29.3 Å². The van der Waals surface area contributed by atoms with E-state index in [0.717, 1.165) is 28.6 Å². The smallest absolute Gasteiger partial charge is 0.298 e. The first-order valence-electron chi connectivity index (χ1n) is 10.5. The van der Waals surface area contributed by atoms with Gasteiger partial charge in [-0.15, -0.1) is 24.8 Å². The Kier molecular flexibility index (Phi) is 9.23. The molecule has 4 aromatic rings. The Morgan fingerprint density at radius 2 is 1.82 bits per heavy atom. The van der Waals surface area contributed by atoms with Crippen molar-refractivity contribution in [3.8, 4) is 5.69 Å². The molecule has 10 heteroatoms. The second-order valence-corrected chi connectivity index (χ2v) is 7.77. The predicted molar refractivity (Wildman–Crippen MR) is 140 cm³/mol. The number of fused-ring (bicyclic) bond motifs is 1. The summed E-state index contributed by atoms with van der Waals surface area (Å²) in [6.07, 6.45) is 6.01. The summed E-state index contributed by atoms with van der Waals surface area (Å²) < 4.78 is 1.65. The number of nitrogens with zero attached hydrogens (tertiary/aromatic N) is 3. The SMILES string of the molecule is CC(=O)NCc1cnc2[nH]cc(-n3c(C)cnc(NCCc4ccccc4)c3=O)c2c1C.Cl.Cl. The third-order valence-corrected chi connectivity index (χ3v) is 5.50. The van der Waals surface area contributed by atoms with Gasteiger partial charge in [0.25, 0.3) is 5.56 Å². The average molecular weight is 503 g/mol. The van der Waals surface area contributed by atoms with Gasteiger partial charge in [-0.05, 0) is 37.0 Å². The van der Waals surface area contributed by atoms with E-state index in [2.05, 4.69) is 37.7 Å². The van der Waals surface area contributed by atoms with Crippen LogP contribution >= 0.6 is 24.8 Å². The van der Waals surface area contributed by atoms with Gasteiger partial charge in [0, 0.05) is 49.7 Å². The van der Waals surface area contributed by atoms with E-state index in [4.69, 9.17) is 0 Å². The number of aromatic amines is 1. The molecular formula is C24H28Cl2N6O2. The van der Waals surface area contributed by atoms with Crippen molar-refractivity contribution in [2.75, 3.05) is 11.9 Å². The Labute approximate surface area is 210 Å². The van der Waals surface area contributed by atoms with E-state index in [1.54, 1.807) is 23.2 Å². The zero-order valence-electron chi connectivity index (χ0n) is 19.2. The number of aryl methyl sites for hydroxylation is 2. The van der Waals surface area contributed by atoms with Crippen molar-refractivity contribution in [1.82, 2.24) is 24.8 Å². The fraction of sp³-hybridized carbons (Fsp3) is 0.250. The Hall–Kier alpha value is -3.36. The van der Waals surface area contributed by atoms with Gasteiger partial charge >= 0.3 is 0 Å². The number of amides is 1. The Bertz CT molecular complexity index is 1330. The van der Waals surface area contributed by atoms with Crippen molar-refractivity contribution in [3.05, 3.63) is 81.7 Å². The number of nitrogens with one attached hydrogen (secondary N) is 3. The summed E-state index contributed by atoms with van der Waals surface area (Å²) in [6, 6.07) is 10.1. The molecule has 1 aromatic carbocycles. The molecule has 0 saturated carbocycles. The molecule has 3 N–H and O–H groups in total. The van der Waals surface area contributed by atoms with Crippen molar-refractivity contribution in [2.45, 2.75) is 33.7 Å². The maximum atomic E-state index is 13.3. The van der Waals surface area contributed by atoms with Crippen LogP contribution in [0.5, 0.6) is 0 Å². The van der Waals surface area contributed by atoms with Crippen LogP contribution in [0.4, 0.5) is 5.82 Å². The summed E-state index contributed by atoms with van der Waals surface area (Å²) in [5, 5.41) is 6.84. The van der Waals surface area contributed by atoms with Crippen LogP contribution in [0, 0.1) is 13.8 Å². The molecule has 0 unspecified atom stereocenters. The van der Waals surface area contributed by atoms with Crippen LogP contribution in [0.2, 0.25) is 0 Å². The van der Waals surface area contributed by atoms with E-state index < -0.39 is 0 Å². The van der Waals surface area contributed by atoms with Gasteiger partial charge in [-0.1, -0.05) is 30.3 Å². The van der Waals surface area contributed by atoms with Gasteiger partial charge in [0.05, 0.1) is 5.69 Å². The molecule has 1 amide bonds. The maximum Gasteiger partial charge on any atom is 0.298 e. The van der Waals surface area contributed by atoms with E-state index in [-0.39, 0.29) is 36.3 Å². The fourth-order valence-corrected chi connectivity index (χ4v) is 3.78. The number of anilines is 1. The number of hydrogen-bond acceptors (Lipinski definition) is 5. The summed E-state index contributed by atoms with van der Waals surface area (Å²) in [5.74, 6) is 0.201. The van der Waals surface area contributed by atoms with Gasteiger partial charge in [0.15, 0.2) is 5.82 Å². The lowest BCUT2D eigenvalue weighted by atomic mass is 10.1. The molecule has 0 bridgehead atoms. The predicted octanol–water partition coefficient (Wildman–Crippen LogP) is 3.86. The number of aromatic nitrogens is 4. The monoisotopic (exact) mass is 502 g/mol.